The molecule has 1 aromatic rings. The molecule has 0 amide bonds. The Morgan fingerprint density at radius 1 is 1.04 bits per heavy atom. The van der Waals surface area contributed by atoms with Crippen LogP contribution in [0.15, 0.2) is 18.2 Å². The first-order valence-electron chi connectivity index (χ1n) is 7.87. The normalized spacial score (nSPS) is 11.8. The topological polar surface area (TPSA) is 66.2 Å². The summed E-state index contributed by atoms with van der Waals surface area (Å²) in [6.07, 6.45) is -4.94. The Balaban J connectivity index is 2.88. The van der Waals surface area contributed by atoms with Gasteiger partial charge < -0.3 is 20.3 Å². The quantitative estimate of drug-likeness (QED) is 0.486. The average Bonchev–Trinajstić information content (AvgIpc) is 2.53. The SMILES string of the molecule is CCOCC(COCC)C(=N)C(=N)Cc1cc(F)cc(C(F)(F)F)c1. The lowest BCUT2D eigenvalue weighted by molar-refractivity contribution is -0.137. The van der Waals surface area contributed by atoms with Gasteiger partial charge in [0.2, 0.25) is 0 Å². The van der Waals surface area contributed by atoms with Gasteiger partial charge >= 0.3 is 6.18 Å². The van der Waals surface area contributed by atoms with E-state index in [1.165, 1.54) is 0 Å². The number of nitrogens with one attached hydrogen (secondary N) is 2. The summed E-state index contributed by atoms with van der Waals surface area (Å²) < 4.78 is 62.2. The van der Waals surface area contributed by atoms with E-state index in [-0.39, 0.29) is 36.6 Å². The minimum absolute atomic E-state index is 0.00588. The van der Waals surface area contributed by atoms with Gasteiger partial charge in [-0.3, -0.25) is 0 Å². The van der Waals surface area contributed by atoms with Gasteiger partial charge in [0.25, 0.3) is 0 Å². The van der Waals surface area contributed by atoms with Gasteiger partial charge in [-0.15, -0.1) is 0 Å². The third-order valence-electron chi connectivity index (χ3n) is 3.45. The van der Waals surface area contributed by atoms with E-state index >= 15 is 0 Å². The molecule has 0 aromatic heterocycles. The van der Waals surface area contributed by atoms with Crippen molar-refractivity contribution in [2.45, 2.75) is 26.4 Å². The Hall–Kier alpha value is -1.80. The fourth-order valence-corrected chi connectivity index (χ4v) is 2.20. The van der Waals surface area contributed by atoms with Crippen LogP contribution in [0.3, 0.4) is 0 Å². The number of hydrogen-bond donors (Lipinski definition) is 2. The van der Waals surface area contributed by atoms with Crippen LogP contribution in [0.1, 0.15) is 25.0 Å². The minimum Gasteiger partial charge on any atom is -0.381 e. The second-order valence-electron chi connectivity index (χ2n) is 5.43. The van der Waals surface area contributed by atoms with Crippen molar-refractivity contribution in [3.8, 4) is 0 Å². The molecule has 2 N–H and O–H groups in total. The predicted molar refractivity (Wildman–Crippen MR) is 87.0 cm³/mol. The predicted octanol–water partition coefficient (Wildman–Crippen LogP) is 4.12. The molecule has 8 heteroatoms. The van der Waals surface area contributed by atoms with Crippen molar-refractivity contribution in [3.63, 3.8) is 0 Å². The van der Waals surface area contributed by atoms with Crippen LogP contribution in [0.2, 0.25) is 0 Å². The van der Waals surface area contributed by atoms with Crippen molar-refractivity contribution in [1.82, 2.24) is 0 Å². The molecular weight excluding hydrogens is 340 g/mol. The highest BCUT2D eigenvalue weighted by Gasteiger charge is 2.31. The van der Waals surface area contributed by atoms with Gasteiger partial charge in [-0.25, -0.2) is 4.39 Å². The first kappa shape index (κ1) is 21.2. The van der Waals surface area contributed by atoms with Crippen molar-refractivity contribution >= 4 is 11.4 Å². The van der Waals surface area contributed by atoms with Crippen LogP contribution in [0, 0.1) is 22.6 Å². The second kappa shape index (κ2) is 9.62. The molecule has 0 aliphatic heterocycles. The molecule has 1 aromatic carbocycles. The van der Waals surface area contributed by atoms with Crippen LogP contribution in [-0.4, -0.2) is 37.9 Å². The van der Waals surface area contributed by atoms with E-state index in [0.29, 0.717) is 19.3 Å². The van der Waals surface area contributed by atoms with Crippen molar-refractivity contribution in [3.05, 3.63) is 35.1 Å². The lowest BCUT2D eigenvalue weighted by Crippen LogP contribution is -2.31. The Bertz CT molecular complexity index is 595. The van der Waals surface area contributed by atoms with Gasteiger partial charge in [0.1, 0.15) is 5.82 Å². The molecule has 0 bridgehead atoms. The van der Waals surface area contributed by atoms with E-state index in [1.807, 2.05) is 0 Å². The standard InChI is InChI=1S/C17H22F4N2O2/c1-3-24-9-12(10-25-4-2)16(23)15(22)7-11-5-13(17(19,20)21)8-14(18)6-11/h5-6,8,12,22-23H,3-4,7,9-10H2,1-2H3. The number of ether oxygens (including phenoxy) is 2. The summed E-state index contributed by atoms with van der Waals surface area (Å²) in [6.45, 7) is 4.80. The van der Waals surface area contributed by atoms with E-state index in [9.17, 15) is 17.6 Å². The highest BCUT2D eigenvalue weighted by molar-refractivity contribution is 6.41. The van der Waals surface area contributed by atoms with Gasteiger partial charge in [0.05, 0.1) is 30.2 Å². The maximum absolute atomic E-state index is 13.4. The van der Waals surface area contributed by atoms with Gasteiger partial charge in [-0.1, -0.05) is 0 Å². The second-order valence-corrected chi connectivity index (χ2v) is 5.43. The molecule has 0 saturated heterocycles. The summed E-state index contributed by atoms with van der Waals surface area (Å²) in [4.78, 5) is 0. The molecule has 0 radical (unpaired) electrons. The molecule has 0 heterocycles. The van der Waals surface area contributed by atoms with Crippen molar-refractivity contribution < 1.29 is 27.0 Å². The third kappa shape index (κ3) is 6.91. The molecule has 4 nitrogen and oxygen atoms in total. The van der Waals surface area contributed by atoms with Crippen LogP contribution >= 0.6 is 0 Å². The highest BCUT2D eigenvalue weighted by atomic mass is 19.4. The van der Waals surface area contributed by atoms with Crippen LogP contribution in [-0.2, 0) is 22.1 Å². The molecule has 0 atom stereocenters. The summed E-state index contributed by atoms with van der Waals surface area (Å²) in [5.74, 6) is -1.52. The lowest BCUT2D eigenvalue weighted by atomic mass is 9.95. The maximum Gasteiger partial charge on any atom is 0.416 e. The maximum atomic E-state index is 13.4. The molecule has 0 fully saturated rings. The Morgan fingerprint density at radius 2 is 1.60 bits per heavy atom. The Kier molecular flexibility index (Phi) is 8.18. The number of alkyl halides is 3. The highest BCUT2D eigenvalue weighted by Crippen LogP contribution is 2.30. The summed E-state index contributed by atoms with van der Waals surface area (Å²) >= 11 is 0. The summed E-state index contributed by atoms with van der Waals surface area (Å²) in [7, 11) is 0. The fourth-order valence-electron chi connectivity index (χ4n) is 2.20. The van der Waals surface area contributed by atoms with Gasteiger partial charge in [-0.05, 0) is 37.6 Å². The van der Waals surface area contributed by atoms with E-state index in [1.54, 1.807) is 13.8 Å². The zero-order valence-corrected chi connectivity index (χ0v) is 14.2. The van der Waals surface area contributed by atoms with Crippen LogP contribution < -0.4 is 0 Å². The van der Waals surface area contributed by atoms with Crippen LogP contribution in [0.4, 0.5) is 17.6 Å². The molecular formula is C17H22F4N2O2. The average molecular weight is 362 g/mol. The first-order chi connectivity index (χ1) is 11.7. The smallest absolute Gasteiger partial charge is 0.381 e. The molecule has 25 heavy (non-hydrogen) atoms. The van der Waals surface area contributed by atoms with Crippen LogP contribution in [0.5, 0.6) is 0 Å². The summed E-state index contributed by atoms with van der Waals surface area (Å²) in [6, 6.07) is 2.15. The molecule has 0 aliphatic carbocycles. The number of hydrogen-bond acceptors (Lipinski definition) is 4. The van der Waals surface area contributed by atoms with Gasteiger partial charge in [-0.2, -0.15) is 13.2 Å². The minimum atomic E-state index is -4.67. The fraction of sp³-hybridized carbons (Fsp3) is 0.529. The lowest BCUT2D eigenvalue weighted by Gasteiger charge is -2.19. The van der Waals surface area contributed by atoms with E-state index in [4.69, 9.17) is 20.3 Å². The van der Waals surface area contributed by atoms with Crippen LogP contribution in [0.25, 0.3) is 0 Å². The largest absolute Gasteiger partial charge is 0.416 e. The van der Waals surface area contributed by atoms with Crippen molar-refractivity contribution in [2.75, 3.05) is 26.4 Å². The molecule has 0 aliphatic rings. The Labute approximate surface area is 144 Å². The summed E-state index contributed by atoms with van der Waals surface area (Å²) in [5.41, 5.74) is -1.39. The van der Waals surface area contributed by atoms with E-state index in [2.05, 4.69) is 0 Å². The van der Waals surface area contributed by atoms with Gasteiger partial charge in [0, 0.05) is 25.6 Å². The number of rotatable bonds is 10. The number of benzene rings is 1. The van der Waals surface area contributed by atoms with E-state index in [0.717, 1.165) is 12.1 Å². The summed E-state index contributed by atoms with van der Waals surface area (Å²) in [5, 5.41) is 16.1. The molecule has 140 valence electrons. The zero-order chi connectivity index (χ0) is 19.0. The Morgan fingerprint density at radius 3 is 2.08 bits per heavy atom. The third-order valence-corrected chi connectivity index (χ3v) is 3.45. The molecule has 0 unspecified atom stereocenters. The number of halogens is 4. The van der Waals surface area contributed by atoms with Gasteiger partial charge in [0.15, 0.2) is 0 Å². The molecule has 0 spiro atoms. The molecule has 0 saturated carbocycles. The zero-order valence-electron chi connectivity index (χ0n) is 14.2. The van der Waals surface area contributed by atoms with Crippen molar-refractivity contribution in [2.24, 2.45) is 5.92 Å². The first-order valence-corrected chi connectivity index (χ1v) is 7.87. The monoisotopic (exact) mass is 362 g/mol. The molecule has 1 rings (SSSR count). The van der Waals surface area contributed by atoms with Crippen molar-refractivity contribution in [1.29, 1.82) is 10.8 Å². The van der Waals surface area contributed by atoms with E-state index < -0.39 is 23.5 Å².